The number of aromatic nitrogens is 1. The summed E-state index contributed by atoms with van der Waals surface area (Å²) < 4.78 is 0. The number of nitrogens with one attached hydrogen (secondary N) is 1. The summed E-state index contributed by atoms with van der Waals surface area (Å²) in [5.41, 5.74) is 9.81. The van der Waals surface area contributed by atoms with Crippen molar-refractivity contribution in [3.63, 3.8) is 0 Å². The molecule has 0 unspecified atom stereocenters. The van der Waals surface area contributed by atoms with Crippen LogP contribution in [0.1, 0.15) is 20.7 Å². The minimum absolute atomic E-state index is 0.0132. The Bertz CT molecular complexity index is 1510. The summed E-state index contributed by atoms with van der Waals surface area (Å²) in [6.07, 6.45) is 0. The van der Waals surface area contributed by atoms with Gasteiger partial charge in [-0.15, -0.1) is 0 Å². The highest BCUT2D eigenvalue weighted by atomic mass is 35.5. The van der Waals surface area contributed by atoms with Crippen LogP contribution in [0, 0.1) is 0 Å². The van der Waals surface area contributed by atoms with E-state index in [9.17, 15) is 9.59 Å². The molecular weight excluding hydrogens is 509 g/mol. The molecule has 2 heterocycles. The molecule has 0 saturated carbocycles. The van der Waals surface area contributed by atoms with E-state index in [1.807, 2.05) is 35.2 Å². The molecule has 192 valence electrons. The van der Waals surface area contributed by atoms with Crippen molar-refractivity contribution in [1.29, 1.82) is 0 Å². The Labute approximate surface area is 225 Å². The fourth-order valence-electron chi connectivity index (χ4n) is 4.87. The number of H-pyrrole nitrogens is 1. The van der Waals surface area contributed by atoms with Crippen LogP contribution < -0.4 is 5.73 Å². The maximum absolute atomic E-state index is 13.4. The van der Waals surface area contributed by atoms with Gasteiger partial charge < -0.3 is 20.5 Å². The number of rotatable bonds is 6. The molecule has 0 bridgehead atoms. The smallest absolute Gasteiger partial charge is 0.253 e. The number of aromatic amines is 1. The Morgan fingerprint density at radius 1 is 0.919 bits per heavy atom. The Morgan fingerprint density at radius 2 is 1.68 bits per heavy atom. The van der Waals surface area contributed by atoms with Gasteiger partial charge in [0.15, 0.2) is 0 Å². The van der Waals surface area contributed by atoms with Gasteiger partial charge in [0.1, 0.15) is 0 Å². The number of piperazine rings is 1. The third-order valence-corrected chi connectivity index (χ3v) is 7.74. The monoisotopic (exact) mass is 537 g/mol. The van der Waals surface area contributed by atoms with Crippen molar-refractivity contribution in [3.8, 4) is 11.1 Å². The highest BCUT2D eigenvalue weighted by molar-refractivity contribution is 6.42. The third-order valence-electron chi connectivity index (χ3n) is 7.00. The van der Waals surface area contributed by atoms with E-state index in [-0.39, 0.29) is 5.91 Å². The molecule has 7 nitrogen and oxygen atoms in total. The Kier molecular flexibility index (Phi) is 7.14. The van der Waals surface area contributed by atoms with Crippen LogP contribution in [-0.4, -0.2) is 84.9 Å². The second-order valence-corrected chi connectivity index (χ2v) is 10.6. The standard InChI is InChI=1S/C28H29Cl2N5O2/c1-33(2)7-8-34-9-11-35(12-10-34)28(37)18-4-6-25-20(13-18)21-14-19(15-22(27(31)36)26(21)32-25)17-3-5-23(29)24(30)16-17/h3-6,13-16,32H,7-12H2,1-2H3,(H2,31,36). The molecular formula is C28H29Cl2N5O2. The molecule has 0 radical (unpaired) electrons. The van der Waals surface area contributed by atoms with Gasteiger partial charge in [0, 0.05) is 61.1 Å². The molecule has 1 aliphatic heterocycles. The van der Waals surface area contributed by atoms with Gasteiger partial charge in [0.25, 0.3) is 11.8 Å². The van der Waals surface area contributed by atoms with E-state index >= 15 is 0 Å². The minimum Gasteiger partial charge on any atom is -0.366 e. The minimum atomic E-state index is -0.540. The highest BCUT2D eigenvalue weighted by Crippen LogP contribution is 2.35. The predicted octanol–water partition coefficient (Wildman–Crippen LogP) is 4.71. The van der Waals surface area contributed by atoms with Crippen LogP contribution in [0.25, 0.3) is 32.9 Å². The van der Waals surface area contributed by atoms with E-state index < -0.39 is 5.91 Å². The van der Waals surface area contributed by atoms with Crippen LogP contribution in [0.2, 0.25) is 10.0 Å². The molecule has 4 aromatic rings. The topological polar surface area (TPSA) is 85.7 Å². The molecule has 3 aromatic carbocycles. The van der Waals surface area contributed by atoms with Crippen molar-refractivity contribution >= 4 is 56.8 Å². The largest absolute Gasteiger partial charge is 0.366 e. The summed E-state index contributed by atoms with van der Waals surface area (Å²) in [5.74, 6) is -0.527. The normalized spacial score (nSPS) is 14.7. The quantitative estimate of drug-likeness (QED) is 0.372. The van der Waals surface area contributed by atoms with Crippen molar-refractivity contribution in [1.82, 2.24) is 19.7 Å². The zero-order chi connectivity index (χ0) is 26.3. The number of benzene rings is 3. The SMILES string of the molecule is CN(C)CCN1CCN(C(=O)c2ccc3[nH]c4c(C(N)=O)cc(-c5ccc(Cl)c(Cl)c5)cc4c3c2)CC1. The first-order valence-electron chi connectivity index (χ1n) is 12.2. The first-order valence-corrected chi connectivity index (χ1v) is 13.0. The van der Waals surface area contributed by atoms with Gasteiger partial charge >= 0.3 is 0 Å². The van der Waals surface area contributed by atoms with E-state index in [1.54, 1.807) is 18.2 Å². The van der Waals surface area contributed by atoms with Gasteiger partial charge in [-0.05, 0) is 67.7 Å². The van der Waals surface area contributed by atoms with Gasteiger partial charge in [0.2, 0.25) is 0 Å². The summed E-state index contributed by atoms with van der Waals surface area (Å²) in [6.45, 7) is 5.13. The molecule has 0 spiro atoms. The van der Waals surface area contributed by atoms with Crippen LogP contribution in [0.5, 0.6) is 0 Å². The van der Waals surface area contributed by atoms with Crippen LogP contribution in [0.3, 0.4) is 0 Å². The highest BCUT2D eigenvalue weighted by Gasteiger charge is 2.23. The zero-order valence-corrected chi connectivity index (χ0v) is 22.4. The molecule has 5 rings (SSSR count). The molecule has 0 atom stereocenters. The lowest BCUT2D eigenvalue weighted by Gasteiger charge is -2.35. The predicted molar refractivity (Wildman–Crippen MR) is 151 cm³/mol. The first-order chi connectivity index (χ1) is 17.7. The number of hydrogen-bond acceptors (Lipinski definition) is 4. The fourth-order valence-corrected chi connectivity index (χ4v) is 5.17. The lowest BCUT2D eigenvalue weighted by Crippen LogP contribution is -2.49. The second kappa shape index (κ2) is 10.3. The molecule has 1 saturated heterocycles. The summed E-state index contributed by atoms with van der Waals surface area (Å²) in [5, 5.41) is 2.55. The molecule has 1 aliphatic rings. The van der Waals surface area contributed by atoms with Crippen LogP contribution >= 0.6 is 23.2 Å². The zero-order valence-electron chi connectivity index (χ0n) is 20.9. The molecule has 1 fully saturated rings. The maximum atomic E-state index is 13.4. The molecule has 9 heteroatoms. The Morgan fingerprint density at radius 3 is 2.35 bits per heavy atom. The number of nitrogens with two attached hydrogens (primary N) is 1. The average molecular weight is 538 g/mol. The summed E-state index contributed by atoms with van der Waals surface area (Å²) in [7, 11) is 4.14. The lowest BCUT2D eigenvalue weighted by molar-refractivity contribution is 0.0630. The lowest BCUT2D eigenvalue weighted by atomic mass is 9.98. The molecule has 2 amide bonds. The number of carbonyl (C=O) groups is 2. The average Bonchev–Trinajstić information content (AvgIpc) is 3.26. The molecule has 3 N–H and O–H groups in total. The van der Waals surface area contributed by atoms with E-state index in [2.05, 4.69) is 28.9 Å². The van der Waals surface area contributed by atoms with Crippen molar-refractivity contribution < 1.29 is 9.59 Å². The van der Waals surface area contributed by atoms with E-state index in [0.717, 1.165) is 53.6 Å². The van der Waals surface area contributed by atoms with Crippen LogP contribution in [0.4, 0.5) is 0 Å². The number of fused-ring (bicyclic) bond motifs is 3. The van der Waals surface area contributed by atoms with Crippen LogP contribution in [0.15, 0.2) is 48.5 Å². The number of nitrogens with zero attached hydrogens (tertiary/aromatic N) is 3. The first kappa shape index (κ1) is 25.5. The Hall–Kier alpha value is -3.10. The van der Waals surface area contributed by atoms with Crippen molar-refractivity contribution in [3.05, 3.63) is 69.7 Å². The van der Waals surface area contributed by atoms with Crippen molar-refractivity contribution in [2.24, 2.45) is 5.73 Å². The second-order valence-electron chi connectivity index (χ2n) is 9.76. The number of amides is 2. The number of halogens is 2. The van der Waals surface area contributed by atoms with Gasteiger partial charge in [0.05, 0.1) is 21.1 Å². The van der Waals surface area contributed by atoms with Crippen molar-refractivity contribution in [2.45, 2.75) is 0 Å². The third kappa shape index (κ3) is 5.18. The fraction of sp³-hybridized carbons (Fsp3) is 0.286. The van der Waals surface area contributed by atoms with Gasteiger partial charge in [-0.25, -0.2) is 0 Å². The Balaban J connectivity index is 1.49. The molecule has 0 aliphatic carbocycles. The van der Waals surface area contributed by atoms with Gasteiger partial charge in [-0.2, -0.15) is 0 Å². The summed E-state index contributed by atoms with van der Waals surface area (Å²) in [6, 6.07) is 14.7. The molecule has 37 heavy (non-hydrogen) atoms. The number of likely N-dealkylation sites (N-methyl/N-ethyl adjacent to an activating group) is 1. The number of primary amides is 1. The molecule has 1 aromatic heterocycles. The summed E-state index contributed by atoms with van der Waals surface area (Å²) in [4.78, 5) is 35.6. The van der Waals surface area contributed by atoms with Gasteiger partial charge in [-0.3, -0.25) is 14.5 Å². The summed E-state index contributed by atoms with van der Waals surface area (Å²) >= 11 is 12.4. The van der Waals surface area contributed by atoms with Gasteiger partial charge in [-0.1, -0.05) is 29.3 Å². The number of carbonyl (C=O) groups excluding carboxylic acids is 2. The maximum Gasteiger partial charge on any atom is 0.253 e. The van der Waals surface area contributed by atoms with Crippen molar-refractivity contribution in [2.75, 3.05) is 53.4 Å². The number of hydrogen-bond donors (Lipinski definition) is 2. The van der Waals surface area contributed by atoms with E-state index in [1.165, 1.54) is 0 Å². The van der Waals surface area contributed by atoms with E-state index in [0.29, 0.717) is 39.8 Å². The van der Waals surface area contributed by atoms with E-state index in [4.69, 9.17) is 28.9 Å². The van der Waals surface area contributed by atoms with Crippen LogP contribution in [-0.2, 0) is 0 Å².